The Morgan fingerprint density at radius 3 is 3.07 bits per heavy atom. The minimum absolute atomic E-state index is 0.239. The maximum atomic E-state index is 10.3. The fourth-order valence-electron chi connectivity index (χ4n) is 0.727. The zero-order chi connectivity index (χ0) is 10.6. The SMILES string of the molecule is C[C@@H](COc1ncc(Br)s1)OC(N)=O. The number of hydrogen-bond acceptors (Lipinski definition) is 5. The van der Waals surface area contributed by atoms with Crippen molar-refractivity contribution < 1.29 is 14.3 Å². The van der Waals surface area contributed by atoms with Crippen LogP contribution >= 0.6 is 27.3 Å². The summed E-state index contributed by atoms with van der Waals surface area (Å²) in [4.78, 5) is 14.3. The average Bonchev–Trinajstić information content (AvgIpc) is 2.47. The van der Waals surface area contributed by atoms with Crippen molar-refractivity contribution in [1.29, 1.82) is 0 Å². The minimum atomic E-state index is -0.804. The van der Waals surface area contributed by atoms with Gasteiger partial charge >= 0.3 is 6.09 Å². The van der Waals surface area contributed by atoms with Crippen LogP contribution in [0, 0.1) is 0 Å². The lowest BCUT2D eigenvalue weighted by molar-refractivity contribution is 0.0822. The molecule has 1 heterocycles. The second-order valence-corrected chi connectivity index (χ2v) is 4.86. The third-order valence-electron chi connectivity index (χ3n) is 1.22. The molecule has 1 amide bonds. The van der Waals surface area contributed by atoms with E-state index >= 15 is 0 Å². The maximum Gasteiger partial charge on any atom is 0.404 e. The summed E-state index contributed by atoms with van der Waals surface area (Å²) in [6, 6.07) is 0. The van der Waals surface area contributed by atoms with Crippen LogP contribution in [0.3, 0.4) is 0 Å². The average molecular weight is 281 g/mol. The number of primary amides is 1. The zero-order valence-electron chi connectivity index (χ0n) is 7.40. The number of hydrogen-bond donors (Lipinski definition) is 1. The highest BCUT2D eigenvalue weighted by Gasteiger charge is 2.08. The van der Waals surface area contributed by atoms with Crippen molar-refractivity contribution in [2.24, 2.45) is 5.73 Å². The Hall–Kier alpha value is -0.820. The van der Waals surface area contributed by atoms with Gasteiger partial charge in [0.2, 0.25) is 0 Å². The lowest BCUT2D eigenvalue weighted by atomic mass is 10.4. The second-order valence-electron chi connectivity index (χ2n) is 2.49. The van der Waals surface area contributed by atoms with Gasteiger partial charge in [-0.15, -0.1) is 0 Å². The van der Waals surface area contributed by atoms with Crippen molar-refractivity contribution in [3.05, 3.63) is 9.98 Å². The van der Waals surface area contributed by atoms with Crippen LogP contribution in [0.4, 0.5) is 4.79 Å². The lowest BCUT2D eigenvalue weighted by Gasteiger charge is -2.10. The maximum absolute atomic E-state index is 10.3. The van der Waals surface area contributed by atoms with E-state index in [1.807, 2.05) is 0 Å². The molecule has 14 heavy (non-hydrogen) atoms. The molecule has 1 aromatic rings. The molecule has 0 aromatic carbocycles. The zero-order valence-corrected chi connectivity index (χ0v) is 9.80. The molecule has 0 saturated carbocycles. The van der Waals surface area contributed by atoms with Crippen molar-refractivity contribution in [3.63, 3.8) is 0 Å². The fourth-order valence-corrected chi connectivity index (χ4v) is 1.75. The summed E-state index contributed by atoms with van der Waals surface area (Å²) in [6.45, 7) is 1.93. The number of carbonyl (C=O) groups is 1. The smallest absolute Gasteiger partial charge is 0.404 e. The van der Waals surface area contributed by atoms with Crippen LogP contribution in [0.1, 0.15) is 6.92 Å². The van der Waals surface area contributed by atoms with E-state index in [1.165, 1.54) is 11.3 Å². The van der Waals surface area contributed by atoms with Gasteiger partial charge in [-0.05, 0) is 22.9 Å². The van der Waals surface area contributed by atoms with Gasteiger partial charge in [0.25, 0.3) is 5.19 Å². The highest BCUT2D eigenvalue weighted by molar-refractivity contribution is 9.11. The van der Waals surface area contributed by atoms with Crippen LogP contribution in [0.15, 0.2) is 9.98 Å². The molecule has 5 nitrogen and oxygen atoms in total. The number of ether oxygens (including phenoxy) is 2. The quantitative estimate of drug-likeness (QED) is 0.912. The predicted octanol–water partition coefficient (Wildman–Crippen LogP) is 1.77. The van der Waals surface area contributed by atoms with Crippen molar-refractivity contribution >= 4 is 33.4 Å². The van der Waals surface area contributed by atoms with Gasteiger partial charge in [0.1, 0.15) is 12.7 Å². The fraction of sp³-hybridized carbons (Fsp3) is 0.429. The summed E-state index contributed by atoms with van der Waals surface area (Å²) < 4.78 is 10.8. The Morgan fingerprint density at radius 2 is 2.57 bits per heavy atom. The van der Waals surface area contributed by atoms with Gasteiger partial charge in [-0.25, -0.2) is 9.78 Å². The molecule has 2 N–H and O–H groups in total. The molecule has 0 bridgehead atoms. The number of nitrogens with two attached hydrogens (primary N) is 1. The van der Waals surface area contributed by atoms with Gasteiger partial charge in [0.05, 0.1) is 9.98 Å². The monoisotopic (exact) mass is 280 g/mol. The summed E-state index contributed by atoms with van der Waals surface area (Å²) >= 11 is 4.61. The lowest BCUT2D eigenvalue weighted by Crippen LogP contribution is -2.25. The van der Waals surface area contributed by atoms with Crippen LogP contribution < -0.4 is 10.5 Å². The molecule has 0 spiro atoms. The summed E-state index contributed by atoms with van der Waals surface area (Å²) in [7, 11) is 0. The highest BCUT2D eigenvalue weighted by Crippen LogP contribution is 2.25. The normalized spacial score (nSPS) is 12.1. The Labute approximate surface area is 93.3 Å². The molecule has 0 fully saturated rings. The Balaban J connectivity index is 2.30. The van der Waals surface area contributed by atoms with Gasteiger partial charge in [0, 0.05) is 0 Å². The van der Waals surface area contributed by atoms with Gasteiger partial charge in [-0.2, -0.15) is 0 Å². The Bertz CT molecular complexity index is 318. The molecule has 1 rings (SSSR count). The van der Waals surface area contributed by atoms with Crippen LogP contribution in [-0.2, 0) is 4.74 Å². The van der Waals surface area contributed by atoms with Crippen LogP contribution in [0.5, 0.6) is 5.19 Å². The van der Waals surface area contributed by atoms with Gasteiger partial charge in [0.15, 0.2) is 0 Å². The van der Waals surface area contributed by atoms with E-state index < -0.39 is 6.09 Å². The van der Waals surface area contributed by atoms with Crippen LogP contribution in [0.25, 0.3) is 0 Å². The molecule has 0 saturated heterocycles. The minimum Gasteiger partial charge on any atom is -0.466 e. The van der Waals surface area contributed by atoms with Gasteiger partial charge in [-0.1, -0.05) is 11.3 Å². The van der Waals surface area contributed by atoms with Crippen LogP contribution in [-0.4, -0.2) is 23.8 Å². The molecule has 1 atom stereocenters. The number of halogens is 1. The summed E-state index contributed by atoms with van der Waals surface area (Å²) in [5, 5.41) is 0.525. The molecule has 0 unspecified atom stereocenters. The van der Waals surface area contributed by atoms with Gasteiger partial charge in [-0.3, -0.25) is 0 Å². The number of carbonyl (C=O) groups excluding carboxylic acids is 1. The van der Waals surface area contributed by atoms with E-state index in [2.05, 4.69) is 25.7 Å². The van der Waals surface area contributed by atoms with Crippen LogP contribution in [0.2, 0.25) is 0 Å². The first-order chi connectivity index (χ1) is 6.58. The molecular formula is C7H9BrN2O3S. The molecule has 0 aliphatic carbocycles. The van der Waals surface area contributed by atoms with Crippen molar-refractivity contribution in [3.8, 4) is 5.19 Å². The van der Waals surface area contributed by atoms with E-state index in [4.69, 9.17) is 10.5 Å². The molecule has 78 valence electrons. The van der Waals surface area contributed by atoms with Crippen molar-refractivity contribution in [2.45, 2.75) is 13.0 Å². The highest BCUT2D eigenvalue weighted by atomic mass is 79.9. The molecule has 0 aliphatic rings. The van der Waals surface area contributed by atoms with E-state index in [0.29, 0.717) is 5.19 Å². The van der Waals surface area contributed by atoms with E-state index in [-0.39, 0.29) is 12.7 Å². The summed E-state index contributed by atoms with van der Waals surface area (Å²) in [5.41, 5.74) is 4.83. The third-order valence-corrected chi connectivity index (χ3v) is 2.60. The summed E-state index contributed by atoms with van der Waals surface area (Å²) in [5.74, 6) is 0. The molecular weight excluding hydrogens is 272 g/mol. The van der Waals surface area contributed by atoms with E-state index in [9.17, 15) is 4.79 Å². The van der Waals surface area contributed by atoms with E-state index in [1.54, 1.807) is 13.1 Å². The molecule has 0 aliphatic heterocycles. The largest absolute Gasteiger partial charge is 0.466 e. The summed E-state index contributed by atoms with van der Waals surface area (Å²) in [6.07, 6.45) is 0.455. The Kier molecular flexibility index (Phi) is 4.15. The number of rotatable bonds is 4. The molecule has 7 heteroatoms. The second kappa shape index (κ2) is 5.16. The standard InChI is InChI=1S/C7H9BrN2O3S/c1-4(13-6(9)11)3-12-7-10-2-5(8)14-7/h2,4H,3H2,1H3,(H2,9,11)/t4-/m0/s1. The number of aromatic nitrogens is 1. The van der Waals surface area contributed by atoms with Crippen molar-refractivity contribution in [1.82, 2.24) is 4.98 Å². The third kappa shape index (κ3) is 3.93. The van der Waals surface area contributed by atoms with Gasteiger partial charge < -0.3 is 15.2 Å². The first kappa shape index (κ1) is 11.3. The number of thiazole rings is 1. The molecule has 1 aromatic heterocycles. The Morgan fingerprint density at radius 1 is 1.86 bits per heavy atom. The van der Waals surface area contributed by atoms with E-state index in [0.717, 1.165) is 3.79 Å². The first-order valence-corrected chi connectivity index (χ1v) is 5.39. The number of amides is 1. The predicted molar refractivity (Wildman–Crippen MR) is 55.4 cm³/mol. The first-order valence-electron chi connectivity index (χ1n) is 3.78. The topological polar surface area (TPSA) is 74.4 Å². The van der Waals surface area contributed by atoms with Crippen molar-refractivity contribution in [2.75, 3.05) is 6.61 Å². The number of nitrogens with zero attached hydrogens (tertiary/aromatic N) is 1. The molecule has 0 radical (unpaired) electrons.